The van der Waals surface area contributed by atoms with Gasteiger partial charge in [0.15, 0.2) is 0 Å². The van der Waals surface area contributed by atoms with Crippen LogP contribution in [0.15, 0.2) is 53.4 Å². The minimum Gasteiger partial charge on any atom is -0.321 e. The van der Waals surface area contributed by atoms with Crippen LogP contribution in [-0.2, 0) is 0 Å². The summed E-state index contributed by atoms with van der Waals surface area (Å²) in [6.07, 6.45) is 0. The van der Waals surface area contributed by atoms with Crippen molar-refractivity contribution < 1.29 is 4.79 Å². The summed E-state index contributed by atoms with van der Waals surface area (Å²) in [6.45, 7) is 0. The lowest BCUT2D eigenvalue weighted by molar-refractivity contribution is 0.102. The average molecular weight is 264 g/mol. The molecule has 0 saturated heterocycles. The van der Waals surface area contributed by atoms with Gasteiger partial charge in [-0.05, 0) is 30.3 Å². The molecule has 0 aromatic heterocycles. The number of hydrogen-bond acceptors (Lipinski definition) is 2. The van der Waals surface area contributed by atoms with Gasteiger partial charge in [0.25, 0.3) is 5.91 Å². The third-order valence-electron chi connectivity index (χ3n) is 2.24. The second kappa shape index (κ2) is 5.25. The number of amides is 1. The lowest BCUT2D eigenvalue weighted by Gasteiger charge is -2.07. The molecule has 0 saturated carbocycles. The summed E-state index contributed by atoms with van der Waals surface area (Å²) in [5, 5.41) is 3.22. The van der Waals surface area contributed by atoms with Gasteiger partial charge in [-0.15, -0.1) is 12.6 Å². The Labute approximate surface area is 110 Å². The molecular formula is C13H10ClNOS. The van der Waals surface area contributed by atoms with Crippen molar-refractivity contribution in [2.45, 2.75) is 4.90 Å². The van der Waals surface area contributed by atoms with Crippen LogP contribution in [0, 0.1) is 0 Å². The van der Waals surface area contributed by atoms with E-state index in [2.05, 4.69) is 17.9 Å². The van der Waals surface area contributed by atoms with Crippen LogP contribution in [0.2, 0.25) is 5.02 Å². The largest absolute Gasteiger partial charge is 0.321 e. The zero-order valence-corrected chi connectivity index (χ0v) is 10.5. The molecule has 17 heavy (non-hydrogen) atoms. The van der Waals surface area contributed by atoms with Crippen molar-refractivity contribution in [1.82, 2.24) is 0 Å². The maximum Gasteiger partial charge on any atom is 0.255 e. The van der Waals surface area contributed by atoms with Crippen molar-refractivity contribution in [2.75, 3.05) is 5.32 Å². The van der Waals surface area contributed by atoms with Crippen molar-refractivity contribution in [3.8, 4) is 0 Å². The highest BCUT2D eigenvalue weighted by molar-refractivity contribution is 7.80. The molecule has 0 radical (unpaired) electrons. The molecule has 0 aliphatic carbocycles. The fourth-order valence-electron chi connectivity index (χ4n) is 1.39. The Morgan fingerprint density at radius 1 is 1.12 bits per heavy atom. The SMILES string of the molecule is O=C(Nc1ccc(S)cc1Cl)c1ccccc1. The first kappa shape index (κ1) is 12.0. The molecule has 0 heterocycles. The summed E-state index contributed by atoms with van der Waals surface area (Å²) >= 11 is 10.2. The van der Waals surface area contributed by atoms with Crippen LogP contribution < -0.4 is 5.32 Å². The highest BCUT2D eigenvalue weighted by atomic mass is 35.5. The van der Waals surface area contributed by atoms with E-state index in [9.17, 15) is 4.79 Å². The molecule has 2 aromatic carbocycles. The third kappa shape index (κ3) is 3.02. The van der Waals surface area contributed by atoms with Gasteiger partial charge in [0.05, 0.1) is 10.7 Å². The summed E-state index contributed by atoms with van der Waals surface area (Å²) in [5.74, 6) is -0.181. The lowest BCUT2D eigenvalue weighted by atomic mass is 10.2. The fourth-order valence-corrected chi connectivity index (χ4v) is 1.90. The number of carbonyl (C=O) groups is 1. The summed E-state index contributed by atoms with van der Waals surface area (Å²) in [7, 11) is 0. The smallest absolute Gasteiger partial charge is 0.255 e. The average Bonchev–Trinajstić information content (AvgIpc) is 2.34. The lowest BCUT2D eigenvalue weighted by Crippen LogP contribution is -2.11. The minimum absolute atomic E-state index is 0.181. The van der Waals surface area contributed by atoms with E-state index in [0.717, 1.165) is 4.90 Å². The van der Waals surface area contributed by atoms with E-state index in [1.807, 2.05) is 18.2 Å². The van der Waals surface area contributed by atoms with Gasteiger partial charge < -0.3 is 5.32 Å². The van der Waals surface area contributed by atoms with Crippen LogP contribution in [0.1, 0.15) is 10.4 Å². The number of anilines is 1. The van der Waals surface area contributed by atoms with Crippen LogP contribution in [0.4, 0.5) is 5.69 Å². The predicted molar refractivity (Wildman–Crippen MR) is 73.1 cm³/mol. The molecule has 2 aromatic rings. The van der Waals surface area contributed by atoms with Gasteiger partial charge in [-0.2, -0.15) is 0 Å². The third-order valence-corrected chi connectivity index (χ3v) is 2.83. The summed E-state index contributed by atoms with van der Waals surface area (Å²) < 4.78 is 0. The first-order valence-electron chi connectivity index (χ1n) is 5.02. The van der Waals surface area contributed by atoms with Gasteiger partial charge in [-0.3, -0.25) is 4.79 Å². The molecule has 0 fully saturated rings. The summed E-state index contributed by atoms with van der Waals surface area (Å²) in [6, 6.07) is 14.2. The van der Waals surface area contributed by atoms with E-state index in [1.165, 1.54) is 0 Å². The van der Waals surface area contributed by atoms with E-state index in [0.29, 0.717) is 16.3 Å². The quantitative estimate of drug-likeness (QED) is 0.791. The maximum absolute atomic E-state index is 11.9. The fraction of sp³-hybridized carbons (Fsp3) is 0. The number of carbonyl (C=O) groups excluding carboxylic acids is 1. The molecule has 1 N–H and O–H groups in total. The van der Waals surface area contributed by atoms with Gasteiger partial charge in [0, 0.05) is 10.5 Å². The second-order valence-electron chi connectivity index (χ2n) is 3.48. The second-order valence-corrected chi connectivity index (χ2v) is 4.41. The molecule has 0 aliphatic heterocycles. The Balaban J connectivity index is 2.19. The highest BCUT2D eigenvalue weighted by Crippen LogP contribution is 2.24. The highest BCUT2D eigenvalue weighted by Gasteiger charge is 2.07. The molecule has 0 spiro atoms. The monoisotopic (exact) mass is 263 g/mol. The number of nitrogens with one attached hydrogen (secondary N) is 1. The Kier molecular flexibility index (Phi) is 3.71. The van der Waals surface area contributed by atoms with Crippen LogP contribution in [0.25, 0.3) is 0 Å². The topological polar surface area (TPSA) is 29.1 Å². The van der Waals surface area contributed by atoms with Crippen molar-refractivity contribution in [2.24, 2.45) is 0 Å². The minimum atomic E-state index is -0.181. The van der Waals surface area contributed by atoms with Gasteiger partial charge >= 0.3 is 0 Å². The van der Waals surface area contributed by atoms with Gasteiger partial charge in [0.2, 0.25) is 0 Å². The predicted octanol–water partition coefficient (Wildman–Crippen LogP) is 3.88. The van der Waals surface area contributed by atoms with Crippen LogP contribution in [0.3, 0.4) is 0 Å². The summed E-state index contributed by atoms with van der Waals surface area (Å²) in [5.41, 5.74) is 1.18. The molecule has 86 valence electrons. The first-order chi connectivity index (χ1) is 8.16. The van der Waals surface area contributed by atoms with Crippen molar-refractivity contribution in [3.05, 3.63) is 59.1 Å². The number of hydrogen-bond donors (Lipinski definition) is 2. The zero-order valence-electron chi connectivity index (χ0n) is 8.85. The van der Waals surface area contributed by atoms with Crippen LogP contribution in [-0.4, -0.2) is 5.91 Å². The van der Waals surface area contributed by atoms with Crippen molar-refractivity contribution in [3.63, 3.8) is 0 Å². The zero-order chi connectivity index (χ0) is 12.3. The molecule has 0 bridgehead atoms. The molecule has 2 rings (SSSR count). The Hall–Kier alpha value is -1.45. The first-order valence-corrected chi connectivity index (χ1v) is 5.84. The Bertz CT molecular complexity index is 542. The standard InChI is InChI=1S/C13H10ClNOS/c14-11-8-10(17)6-7-12(11)15-13(16)9-4-2-1-3-5-9/h1-8,17H,(H,15,16). The van der Waals surface area contributed by atoms with Gasteiger partial charge in [-0.1, -0.05) is 29.8 Å². The molecule has 0 unspecified atom stereocenters. The Morgan fingerprint density at radius 2 is 1.82 bits per heavy atom. The van der Waals surface area contributed by atoms with E-state index in [4.69, 9.17) is 11.6 Å². The molecule has 2 nitrogen and oxygen atoms in total. The number of benzene rings is 2. The number of halogens is 1. The normalized spacial score (nSPS) is 10.0. The van der Waals surface area contributed by atoms with E-state index in [1.54, 1.807) is 30.3 Å². The maximum atomic E-state index is 11.9. The van der Waals surface area contributed by atoms with E-state index >= 15 is 0 Å². The molecule has 4 heteroatoms. The molecule has 0 atom stereocenters. The van der Waals surface area contributed by atoms with E-state index < -0.39 is 0 Å². The van der Waals surface area contributed by atoms with Crippen molar-refractivity contribution in [1.29, 1.82) is 0 Å². The number of rotatable bonds is 2. The van der Waals surface area contributed by atoms with E-state index in [-0.39, 0.29) is 5.91 Å². The van der Waals surface area contributed by atoms with Gasteiger partial charge in [-0.25, -0.2) is 0 Å². The van der Waals surface area contributed by atoms with Gasteiger partial charge in [0.1, 0.15) is 0 Å². The summed E-state index contributed by atoms with van der Waals surface area (Å²) in [4.78, 5) is 12.6. The number of thiol groups is 1. The van der Waals surface area contributed by atoms with Crippen molar-refractivity contribution >= 4 is 35.8 Å². The molecular weight excluding hydrogens is 254 g/mol. The van der Waals surface area contributed by atoms with Crippen LogP contribution >= 0.6 is 24.2 Å². The Morgan fingerprint density at radius 3 is 2.47 bits per heavy atom. The van der Waals surface area contributed by atoms with Crippen LogP contribution in [0.5, 0.6) is 0 Å². The molecule has 1 amide bonds. The molecule has 0 aliphatic rings.